The van der Waals surface area contributed by atoms with Crippen LogP contribution in [-0.4, -0.2) is 24.6 Å². The maximum Gasteiger partial charge on any atom is 0.334 e. The third-order valence-corrected chi connectivity index (χ3v) is 4.80. The fraction of sp³-hybridized carbons (Fsp3) is 0.440. The van der Waals surface area contributed by atoms with Gasteiger partial charge in [-0.15, -0.1) is 0 Å². The average molecular weight is 397 g/mol. The van der Waals surface area contributed by atoms with Gasteiger partial charge in [-0.2, -0.15) is 0 Å². The zero-order valence-corrected chi connectivity index (χ0v) is 18.0. The minimum atomic E-state index is -0.265. The molecule has 0 radical (unpaired) electrons. The fourth-order valence-electron chi connectivity index (χ4n) is 3.21. The van der Waals surface area contributed by atoms with Crippen molar-refractivity contribution in [3.05, 3.63) is 70.4 Å². The number of ether oxygens (including phenoxy) is 2. The summed E-state index contributed by atoms with van der Waals surface area (Å²) in [5.41, 5.74) is 5.50. The van der Waals surface area contributed by atoms with Crippen molar-refractivity contribution in [3.63, 3.8) is 0 Å². The predicted octanol–water partition coefficient (Wildman–Crippen LogP) is 5.69. The first-order valence-corrected chi connectivity index (χ1v) is 10.3. The minimum Gasteiger partial charge on any atom is -0.458 e. The van der Waals surface area contributed by atoms with E-state index < -0.39 is 0 Å². The molecule has 0 saturated carbocycles. The van der Waals surface area contributed by atoms with Gasteiger partial charge in [-0.25, -0.2) is 9.59 Å². The third-order valence-electron chi connectivity index (χ3n) is 4.80. The zero-order chi connectivity index (χ0) is 21.2. The summed E-state index contributed by atoms with van der Waals surface area (Å²) in [7, 11) is 0. The van der Waals surface area contributed by atoms with E-state index in [0.29, 0.717) is 13.0 Å². The molecule has 1 atom stereocenters. The van der Waals surface area contributed by atoms with E-state index >= 15 is 0 Å². The molecular formula is C25H32O4. The quantitative estimate of drug-likeness (QED) is 0.217. The Kier molecular flexibility index (Phi) is 8.91. The SMILES string of the molecule is CC(C)=CC1C/C(=C/CC/C(C)=C/CC/C(C)=C/C=C\C2=CC(=O)OC2)C(=O)O1. The van der Waals surface area contributed by atoms with Crippen molar-refractivity contribution < 1.29 is 19.1 Å². The van der Waals surface area contributed by atoms with Crippen LogP contribution in [-0.2, 0) is 19.1 Å². The van der Waals surface area contributed by atoms with Crippen LogP contribution in [0.25, 0.3) is 0 Å². The van der Waals surface area contributed by atoms with Crippen LogP contribution in [0, 0.1) is 0 Å². The first-order valence-electron chi connectivity index (χ1n) is 10.3. The van der Waals surface area contributed by atoms with Gasteiger partial charge in [-0.1, -0.05) is 47.1 Å². The van der Waals surface area contributed by atoms with E-state index in [-0.39, 0.29) is 18.0 Å². The molecule has 2 aliphatic rings. The van der Waals surface area contributed by atoms with Crippen LogP contribution in [0.15, 0.2) is 70.4 Å². The number of hydrogen-bond acceptors (Lipinski definition) is 4. The predicted molar refractivity (Wildman–Crippen MR) is 116 cm³/mol. The van der Waals surface area contributed by atoms with Gasteiger partial charge in [-0.05, 0) is 65.0 Å². The first-order chi connectivity index (χ1) is 13.8. The maximum atomic E-state index is 11.9. The van der Waals surface area contributed by atoms with Crippen LogP contribution in [0.2, 0.25) is 0 Å². The number of allylic oxidation sites excluding steroid dienone is 7. The van der Waals surface area contributed by atoms with E-state index in [1.165, 1.54) is 22.8 Å². The van der Waals surface area contributed by atoms with Crippen LogP contribution in [0.5, 0.6) is 0 Å². The van der Waals surface area contributed by atoms with Crippen molar-refractivity contribution in [2.24, 2.45) is 0 Å². The van der Waals surface area contributed by atoms with E-state index in [2.05, 4.69) is 26.0 Å². The number of carbonyl (C=O) groups excluding carboxylic acids is 2. The molecule has 2 aliphatic heterocycles. The van der Waals surface area contributed by atoms with Crippen molar-refractivity contribution in [2.45, 2.75) is 65.9 Å². The second-order valence-corrected chi connectivity index (χ2v) is 7.95. The van der Waals surface area contributed by atoms with Gasteiger partial charge in [0.05, 0.1) is 0 Å². The molecule has 0 N–H and O–H groups in total. The normalized spacial score (nSPS) is 21.6. The van der Waals surface area contributed by atoms with Gasteiger partial charge in [0.1, 0.15) is 12.7 Å². The summed E-state index contributed by atoms with van der Waals surface area (Å²) in [5, 5.41) is 0. The Hall–Kier alpha value is -2.62. The zero-order valence-electron chi connectivity index (χ0n) is 18.0. The molecule has 4 nitrogen and oxygen atoms in total. The van der Waals surface area contributed by atoms with Crippen LogP contribution in [0.1, 0.15) is 59.8 Å². The second kappa shape index (κ2) is 11.4. The molecule has 0 spiro atoms. The van der Waals surface area contributed by atoms with Crippen LogP contribution < -0.4 is 0 Å². The van der Waals surface area contributed by atoms with Crippen molar-refractivity contribution in [1.29, 1.82) is 0 Å². The molecular weight excluding hydrogens is 364 g/mol. The van der Waals surface area contributed by atoms with Crippen molar-refractivity contribution in [2.75, 3.05) is 6.61 Å². The lowest BCUT2D eigenvalue weighted by Gasteiger charge is -2.01. The molecule has 0 aromatic rings. The number of esters is 2. The lowest BCUT2D eigenvalue weighted by Crippen LogP contribution is -2.02. The lowest BCUT2D eigenvalue weighted by molar-refractivity contribution is -0.137. The Bertz CT molecular complexity index is 799. The molecule has 0 aliphatic carbocycles. The molecule has 2 rings (SSSR count). The minimum absolute atomic E-state index is 0.0998. The first kappa shape index (κ1) is 22.7. The van der Waals surface area contributed by atoms with Gasteiger partial charge in [0.2, 0.25) is 0 Å². The van der Waals surface area contributed by atoms with Gasteiger partial charge < -0.3 is 9.47 Å². The molecule has 4 heteroatoms. The number of rotatable bonds is 9. The summed E-state index contributed by atoms with van der Waals surface area (Å²) in [4.78, 5) is 22.9. The number of cyclic esters (lactones) is 2. The van der Waals surface area contributed by atoms with E-state index in [1.807, 2.05) is 38.2 Å². The van der Waals surface area contributed by atoms with Gasteiger partial charge in [0.15, 0.2) is 0 Å². The highest BCUT2D eigenvalue weighted by molar-refractivity contribution is 5.90. The summed E-state index contributed by atoms with van der Waals surface area (Å²) in [6, 6.07) is 0. The molecule has 2 heterocycles. The summed E-state index contributed by atoms with van der Waals surface area (Å²) in [6.07, 6.45) is 18.2. The summed E-state index contributed by atoms with van der Waals surface area (Å²) in [6.45, 7) is 8.65. The summed E-state index contributed by atoms with van der Waals surface area (Å²) < 4.78 is 10.2. The van der Waals surface area contributed by atoms with Crippen LogP contribution in [0.3, 0.4) is 0 Å². The van der Waals surface area contributed by atoms with E-state index in [1.54, 1.807) is 0 Å². The Morgan fingerprint density at radius 1 is 1.10 bits per heavy atom. The Morgan fingerprint density at radius 2 is 1.86 bits per heavy atom. The van der Waals surface area contributed by atoms with Crippen molar-refractivity contribution in [1.82, 2.24) is 0 Å². The molecule has 1 fully saturated rings. The van der Waals surface area contributed by atoms with E-state index in [4.69, 9.17) is 9.47 Å². The highest BCUT2D eigenvalue weighted by Crippen LogP contribution is 2.23. The van der Waals surface area contributed by atoms with Crippen molar-refractivity contribution in [3.8, 4) is 0 Å². The largest absolute Gasteiger partial charge is 0.458 e. The van der Waals surface area contributed by atoms with Gasteiger partial charge in [-0.3, -0.25) is 0 Å². The molecule has 0 bridgehead atoms. The topological polar surface area (TPSA) is 52.6 Å². The molecule has 1 saturated heterocycles. The second-order valence-electron chi connectivity index (χ2n) is 7.95. The fourth-order valence-corrected chi connectivity index (χ4v) is 3.21. The maximum absolute atomic E-state index is 11.9. The van der Waals surface area contributed by atoms with Gasteiger partial charge in [0, 0.05) is 18.1 Å². The molecule has 0 aromatic heterocycles. The standard InChI is InChI=1S/C25H32O4/c1-18(2)14-23-16-22(25(27)29-23)13-7-11-20(4)9-5-8-19(3)10-6-12-21-15-24(26)28-17-21/h6,9-10,12-15,23H,5,7-8,11,16-17H2,1-4H3/b12-6-,19-10+,20-9+,22-13-. The highest BCUT2D eigenvalue weighted by Gasteiger charge is 2.26. The Morgan fingerprint density at radius 3 is 2.55 bits per heavy atom. The van der Waals surface area contributed by atoms with E-state index in [9.17, 15) is 9.59 Å². The van der Waals surface area contributed by atoms with Crippen LogP contribution in [0.4, 0.5) is 0 Å². The summed E-state index contributed by atoms with van der Waals surface area (Å²) >= 11 is 0. The molecule has 29 heavy (non-hydrogen) atoms. The average Bonchev–Trinajstić information content (AvgIpc) is 3.20. The van der Waals surface area contributed by atoms with E-state index in [0.717, 1.165) is 36.8 Å². The molecule has 0 amide bonds. The lowest BCUT2D eigenvalue weighted by atomic mass is 10.0. The number of carbonyl (C=O) groups is 2. The molecule has 1 unspecified atom stereocenters. The smallest absolute Gasteiger partial charge is 0.334 e. The van der Waals surface area contributed by atoms with Gasteiger partial charge in [0.25, 0.3) is 0 Å². The van der Waals surface area contributed by atoms with Crippen LogP contribution >= 0.6 is 0 Å². The molecule has 156 valence electrons. The number of hydrogen-bond donors (Lipinski definition) is 0. The van der Waals surface area contributed by atoms with Crippen molar-refractivity contribution >= 4 is 11.9 Å². The Balaban J connectivity index is 1.70. The molecule has 0 aromatic carbocycles. The van der Waals surface area contributed by atoms with Gasteiger partial charge >= 0.3 is 11.9 Å². The monoisotopic (exact) mass is 396 g/mol. The summed E-state index contributed by atoms with van der Waals surface area (Å²) in [5.74, 6) is -0.439. The third kappa shape index (κ3) is 8.51. The Labute approximate surface area is 174 Å². The highest BCUT2D eigenvalue weighted by atomic mass is 16.5.